The van der Waals surface area contributed by atoms with Crippen LogP contribution in [0.1, 0.15) is 98.6 Å². The third-order valence-corrected chi connectivity index (χ3v) is 12.0. The molecule has 6 nitrogen and oxygen atoms in total. The van der Waals surface area contributed by atoms with Gasteiger partial charge >= 0.3 is 11.9 Å². The Labute approximate surface area is 235 Å². The fraction of sp³-hybridized carbons (Fsp3) is 0.562. The van der Waals surface area contributed by atoms with Gasteiger partial charge in [0.05, 0.1) is 12.8 Å². The minimum Gasteiger partial charge on any atom is -0.507 e. The van der Waals surface area contributed by atoms with Gasteiger partial charge in [-0.15, -0.1) is 0 Å². The van der Waals surface area contributed by atoms with E-state index < -0.39 is 22.0 Å². The lowest BCUT2D eigenvalue weighted by molar-refractivity contribution is -0.137. The average molecular weight is 561 g/mol. The summed E-state index contributed by atoms with van der Waals surface area (Å²) in [7, 11) is -1.55. The van der Waals surface area contributed by atoms with Crippen molar-refractivity contribution in [2.75, 3.05) is 23.0 Å². The molecular formula is C32H48O6S. The van der Waals surface area contributed by atoms with Gasteiger partial charge in [-0.2, -0.15) is 0 Å². The Kier molecular flexibility index (Phi) is 12.2. The predicted octanol–water partition coefficient (Wildman–Crippen LogP) is 7.28. The minimum absolute atomic E-state index is 0.0232. The van der Waals surface area contributed by atoms with Crippen LogP contribution in [0.25, 0.3) is 0 Å². The van der Waals surface area contributed by atoms with E-state index in [0.29, 0.717) is 35.8 Å². The molecule has 7 heteroatoms. The van der Waals surface area contributed by atoms with Gasteiger partial charge in [0.15, 0.2) is 0 Å². The number of phenolic OH excluding ortho intramolecular Hbond substituents is 2. The van der Waals surface area contributed by atoms with Crippen LogP contribution in [0.2, 0.25) is 0 Å². The molecule has 2 rings (SSSR count). The summed E-state index contributed by atoms with van der Waals surface area (Å²) in [5, 5.41) is 40.7. The molecule has 2 aromatic carbocycles. The quantitative estimate of drug-likeness (QED) is 0.171. The highest BCUT2D eigenvalue weighted by Gasteiger charge is 2.26. The molecule has 0 aromatic heterocycles. The van der Waals surface area contributed by atoms with Crippen molar-refractivity contribution < 1.29 is 30.0 Å². The summed E-state index contributed by atoms with van der Waals surface area (Å²) >= 11 is 0. The third kappa shape index (κ3) is 9.79. The van der Waals surface area contributed by atoms with E-state index in [4.69, 9.17) is 0 Å². The fourth-order valence-corrected chi connectivity index (χ4v) is 9.34. The summed E-state index contributed by atoms with van der Waals surface area (Å²) < 4.78 is 0. The summed E-state index contributed by atoms with van der Waals surface area (Å²) in [5.41, 5.74) is 5.85. The van der Waals surface area contributed by atoms with Gasteiger partial charge in [-0.3, -0.25) is 9.59 Å². The number of benzene rings is 2. The Hall–Kier alpha value is -2.67. The highest BCUT2D eigenvalue weighted by atomic mass is 32.3. The number of phenols is 2. The minimum atomic E-state index is -1.55. The maximum atomic E-state index is 11.6. The van der Waals surface area contributed by atoms with Crippen molar-refractivity contribution in [2.24, 2.45) is 0 Å². The van der Waals surface area contributed by atoms with Crippen molar-refractivity contribution in [1.82, 2.24) is 0 Å². The standard InChI is InChI=1S/C32H48O6S/c1-21(2)27-19-23(5)17-25(31(27)37)9-7-13-39(15-11-29(33)34,16-12-30(35)36)14-8-10-26-18-24(6)20-28(22(3)4)32(26)38/h17-22,37-38H,7-16H2,1-6H3,(H,33,34)(H,35,36). The Bertz CT molecular complexity index is 1050. The zero-order valence-corrected chi connectivity index (χ0v) is 25.4. The van der Waals surface area contributed by atoms with Crippen LogP contribution < -0.4 is 0 Å². The Morgan fingerprint density at radius 3 is 1.33 bits per heavy atom. The van der Waals surface area contributed by atoms with E-state index in [1.165, 1.54) is 0 Å². The van der Waals surface area contributed by atoms with E-state index in [1.807, 2.05) is 38.1 Å². The molecule has 0 heterocycles. The molecule has 0 bridgehead atoms. The molecule has 218 valence electrons. The van der Waals surface area contributed by atoms with E-state index in [9.17, 15) is 30.0 Å². The van der Waals surface area contributed by atoms with Crippen LogP contribution in [-0.2, 0) is 22.4 Å². The van der Waals surface area contributed by atoms with Crippen LogP contribution in [-0.4, -0.2) is 55.4 Å². The molecule has 0 aliphatic carbocycles. The van der Waals surface area contributed by atoms with E-state index in [1.54, 1.807) is 0 Å². The molecule has 0 spiro atoms. The van der Waals surface area contributed by atoms with Gasteiger partial charge in [0.2, 0.25) is 0 Å². The van der Waals surface area contributed by atoms with E-state index in [-0.39, 0.29) is 24.7 Å². The highest BCUT2D eigenvalue weighted by Crippen LogP contribution is 2.51. The topological polar surface area (TPSA) is 115 Å². The summed E-state index contributed by atoms with van der Waals surface area (Å²) in [6.45, 7) is 12.3. The Morgan fingerprint density at radius 2 is 1.03 bits per heavy atom. The number of carboxylic acid groups (broad SMARTS) is 2. The molecule has 0 aliphatic rings. The average Bonchev–Trinajstić information content (AvgIpc) is 2.84. The number of aromatic hydroxyl groups is 2. The number of aryl methyl sites for hydroxylation is 4. The van der Waals surface area contributed by atoms with Gasteiger partial charge in [-0.25, -0.2) is 10.0 Å². The van der Waals surface area contributed by atoms with Crippen LogP contribution in [0, 0.1) is 13.8 Å². The number of carbonyl (C=O) groups is 2. The normalized spacial score (nSPS) is 12.3. The molecule has 0 saturated carbocycles. The molecule has 0 atom stereocenters. The van der Waals surface area contributed by atoms with E-state index >= 15 is 0 Å². The second-order valence-corrected chi connectivity index (χ2v) is 15.7. The third-order valence-electron chi connectivity index (χ3n) is 7.51. The Morgan fingerprint density at radius 1 is 0.667 bits per heavy atom. The highest BCUT2D eigenvalue weighted by molar-refractivity contribution is 8.33. The Balaban J connectivity index is 2.27. The first-order chi connectivity index (χ1) is 18.2. The monoisotopic (exact) mass is 560 g/mol. The second kappa shape index (κ2) is 14.6. The molecule has 2 aromatic rings. The van der Waals surface area contributed by atoms with Gasteiger partial charge < -0.3 is 20.4 Å². The van der Waals surface area contributed by atoms with Gasteiger partial charge in [-0.05, 0) is 96.6 Å². The molecular weight excluding hydrogens is 512 g/mol. The van der Waals surface area contributed by atoms with Gasteiger partial charge in [0, 0.05) is 0 Å². The van der Waals surface area contributed by atoms with Gasteiger partial charge in [0.1, 0.15) is 11.5 Å². The molecule has 0 aliphatic heterocycles. The second-order valence-electron chi connectivity index (χ2n) is 11.6. The maximum absolute atomic E-state index is 11.6. The van der Waals surface area contributed by atoms with Crippen LogP contribution in [0.5, 0.6) is 11.5 Å². The van der Waals surface area contributed by atoms with Gasteiger partial charge in [-0.1, -0.05) is 63.1 Å². The van der Waals surface area contributed by atoms with Crippen LogP contribution in [0.3, 0.4) is 0 Å². The van der Waals surface area contributed by atoms with Crippen molar-refractivity contribution in [3.8, 4) is 11.5 Å². The predicted molar refractivity (Wildman–Crippen MR) is 162 cm³/mol. The number of carboxylic acids is 2. The number of hydrogen-bond donors (Lipinski definition) is 4. The number of hydrogen-bond acceptors (Lipinski definition) is 4. The number of aliphatic carboxylic acids is 2. The molecule has 0 saturated heterocycles. The van der Waals surface area contributed by atoms with Crippen molar-refractivity contribution in [3.05, 3.63) is 57.6 Å². The first-order valence-electron chi connectivity index (χ1n) is 14.1. The van der Waals surface area contributed by atoms with Crippen molar-refractivity contribution in [3.63, 3.8) is 0 Å². The van der Waals surface area contributed by atoms with Crippen LogP contribution in [0.15, 0.2) is 24.3 Å². The zero-order valence-electron chi connectivity index (χ0n) is 24.5. The summed E-state index contributed by atoms with van der Waals surface area (Å²) in [5.74, 6) is 1.85. The SMILES string of the molecule is Cc1cc(CCCS(CCCc2cc(C)cc(C(C)C)c2O)(CCC(=O)O)CCC(=O)O)c(O)c(C(C)C)c1. The number of rotatable bonds is 16. The summed E-state index contributed by atoms with van der Waals surface area (Å²) in [6, 6.07) is 8.06. The molecule has 0 amide bonds. The molecule has 4 N–H and O–H groups in total. The summed E-state index contributed by atoms with van der Waals surface area (Å²) in [4.78, 5) is 23.1. The lowest BCUT2D eigenvalue weighted by Crippen LogP contribution is -2.22. The maximum Gasteiger partial charge on any atom is 0.304 e. The lowest BCUT2D eigenvalue weighted by Gasteiger charge is -2.40. The van der Waals surface area contributed by atoms with E-state index in [2.05, 4.69) is 27.7 Å². The largest absolute Gasteiger partial charge is 0.507 e. The smallest absolute Gasteiger partial charge is 0.304 e. The molecule has 0 unspecified atom stereocenters. The first kappa shape index (κ1) is 32.5. The van der Waals surface area contributed by atoms with Crippen molar-refractivity contribution in [1.29, 1.82) is 0 Å². The molecule has 0 radical (unpaired) electrons. The zero-order chi connectivity index (χ0) is 29.3. The molecule has 39 heavy (non-hydrogen) atoms. The summed E-state index contributed by atoms with van der Waals surface area (Å²) in [6.07, 6.45) is 2.90. The fourth-order valence-electron chi connectivity index (χ4n) is 5.39. The van der Waals surface area contributed by atoms with Crippen LogP contribution >= 0.6 is 10.0 Å². The van der Waals surface area contributed by atoms with Crippen molar-refractivity contribution >= 4 is 22.0 Å². The first-order valence-corrected chi connectivity index (χ1v) is 16.4. The lowest BCUT2D eigenvalue weighted by atomic mass is 9.95. The van der Waals surface area contributed by atoms with Crippen molar-refractivity contribution in [2.45, 2.75) is 91.9 Å². The van der Waals surface area contributed by atoms with E-state index in [0.717, 1.165) is 57.7 Å². The molecule has 0 fully saturated rings. The van der Waals surface area contributed by atoms with Gasteiger partial charge in [0.25, 0.3) is 0 Å². The van der Waals surface area contributed by atoms with Crippen LogP contribution in [0.4, 0.5) is 0 Å².